The van der Waals surface area contributed by atoms with Gasteiger partial charge in [-0.2, -0.15) is 0 Å². The monoisotopic (exact) mass is 388 g/mol. The van der Waals surface area contributed by atoms with Crippen LogP contribution in [0, 0.1) is 0 Å². The minimum Gasteiger partial charge on any atom is -0.497 e. The Bertz CT molecular complexity index is 1030. The normalized spacial score (nSPS) is 11.1. The van der Waals surface area contributed by atoms with Crippen molar-refractivity contribution in [3.8, 4) is 16.2 Å². The number of amides is 1. The van der Waals surface area contributed by atoms with E-state index in [1.165, 1.54) is 19.2 Å². The summed E-state index contributed by atoms with van der Waals surface area (Å²) in [6.07, 6.45) is 0. The summed E-state index contributed by atoms with van der Waals surface area (Å²) < 4.78 is 32.7. The van der Waals surface area contributed by atoms with E-state index in [1.807, 2.05) is 30.3 Å². The molecule has 0 bridgehead atoms. The zero-order valence-electron chi connectivity index (χ0n) is 13.8. The molecular formula is C18H16N2O4S2. The van der Waals surface area contributed by atoms with Crippen LogP contribution in [-0.4, -0.2) is 21.4 Å². The van der Waals surface area contributed by atoms with Crippen LogP contribution in [0.15, 0.2) is 65.6 Å². The van der Waals surface area contributed by atoms with Crippen molar-refractivity contribution >= 4 is 32.3 Å². The summed E-state index contributed by atoms with van der Waals surface area (Å²) in [5.74, 6) is -0.153. The second kappa shape index (κ2) is 7.19. The number of rotatable bonds is 6. The largest absolute Gasteiger partial charge is 0.497 e. The summed E-state index contributed by atoms with van der Waals surface area (Å²) in [6.45, 7) is 0. The molecule has 0 saturated heterocycles. The van der Waals surface area contributed by atoms with Gasteiger partial charge in [0.05, 0.1) is 17.6 Å². The molecule has 0 saturated carbocycles. The standard InChI is InChI=1S/C18H16N2O4S2/c1-24-13-7-9-14(10-8-13)26(22,23)20-18-15(17(19)21)11-16(25-18)12-5-3-2-4-6-12/h2-11,20H,1H3,(H2,19,21). The summed E-state index contributed by atoms with van der Waals surface area (Å²) >= 11 is 1.15. The lowest BCUT2D eigenvalue weighted by molar-refractivity contribution is 0.100. The third kappa shape index (κ3) is 3.71. The molecule has 0 radical (unpaired) electrons. The zero-order valence-corrected chi connectivity index (χ0v) is 15.4. The third-order valence-corrected chi connectivity index (χ3v) is 6.25. The van der Waals surface area contributed by atoms with E-state index in [1.54, 1.807) is 18.2 Å². The van der Waals surface area contributed by atoms with E-state index >= 15 is 0 Å². The van der Waals surface area contributed by atoms with Crippen molar-refractivity contribution in [3.05, 3.63) is 66.2 Å². The Balaban J connectivity index is 1.97. The fourth-order valence-electron chi connectivity index (χ4n) is 2.33. The molecule has 0 aliphatic rings. The lowest BCUT2D eigenvalue weighted by Crippen LogP contribution is -2.16. The lowest BCUT2D eigenvalue weighted by Gasteiger charge is -2.08. The number of nitrogens with one attached hydrogen (secondary N) is 1. The van der Waals surface area contributed by atoms with Crippen molar-refractivity contribution in [1.82, 2.24) is 0 Å². The summed E-state index contributed by atoms with van der Waals surface area (Å²) in [5.41, 5.74) is 6.42. The van der Waals surface area contributed by atoms with Crippen molar-refractivity contribution in [3.63, 3.8) is 0 Å². The minimum absolute atomic E-state index is 0.0587. The number of hydrogen-bond donors (Lipinski definition) is 2. The Morgan fingerprint density at radius 3 is 2.31 bits per heavy atom. The molecule has 8 heteroatoms. The van der Waals surface area contributed by atoms with Gasteiger partial charge >= 0.3 is 0 Å². The maximum Gasteiger partial charge on any atom is 0.262 e. The Labute approximate surface area is 155 Å². The number of anilines is 1. The van der Waals surface area contributed by atoms with Crippen molar-refractivity contribution in [1.29, 1.82) is 0 Å². The highest BCUT2D eigenvalue weighted by atomic mass is 32.2. The number of carbonyl (C=O) groups excluding carboxylic acids is 1. The number of ether oxygens (including phenoxy) is 1. The van der Waals surface area contributed by atoms with Crippen LogP contribution in [0.5, 0.6) is 5.75 Å². The highest BCUT2D eigenvalue weighted by Gasteiger charge is 2.21. The van der Waals surface area contributed by atoms with Crippen LogP contribution in [0.1, 0.15) is 10.4 Å². The van der Waals surface area contributed by atoms with Crippen molar-refractivity contribution in [2.45, 2.75) is 4.90 Å². The Hall–Kier alpha value is -2.84. The van der Waals surface area contributed by atoms with Gasteiger partial charge in [0.15, 0.2) is 0 Å². The van der Waals surface area contributed by atoms with Gasteiger partial charge in [0.2, 0.25) is 0 Å². The average Bonchev–Trinajstić information content (AvgIpc) is 3.06. The quantitative estimate of drug-likeness (QED) is 0.677. The molecule has 6 nitrogen and oxygen atoms in total. The van der Waals surface area contributed by atoms with Gasteiger partial charge in [0, 0.05) is 4.88 Å². The first-order valence-corrected chi connectivity index (χ1v) is 9.86. The maximum absolute atomic E-state index is 12.6. The van der Waals surface area contributed by atoms with Crippen LogP contribution in [0.3, 0.4) is 0 Å². The van der Waals surface area contributed by atoms with E-state index in [4.69, 9.17) is 10.5 Å². The number of thiophene rings is 1. The fourth-order valence-corrected chi connectivity index (χ4v) is 4.71. The van der Waals surface area contributed by atoms with Crippen LogP contribution in [0.25, 0.3) is 10.4 Å². The molecule has 3 rings (SSSR count). The van der Waals surface area contributed by atoms with Crippen molar-refractivity contribution in [2.75, 3.05) is 11.8 Å². The molecule has 1 aromatic heterocycles. The zero-order chi connectivity index (χ0) is 18.7. The molecular weight excluding hydrogens is 372 g/mol. The van der Waals surface area contributed by atoms with Crippen molar-refractivity contribution < 1.29 is 17.9 Å². The third-order valence-electron chi connectivity index (χ3n) is 3.65. The number of methoxy groups -OCH3 is 1. The van der Waals surface area contributed by atoms with E-state index in [-0.39, 0.29) is 15.5 Å². The number of primary amides is 1. The molecule has 0 aliphatic carbocycles. The van der Waals surface area contributed by atoms with E-state index in [0.29, 0.717) is 5.75 Å². The van der Waals surface area contributed by atoms with E-state index in [2.05, 4.69) is 4.72 Å². The molecule has 1 heterocycles. The molecule has 0 unspecified atom stereocenters. The van der Waals surface area contributed by atoms with E-state index < -0.39 is 15.9 Å². The first-order chi connectivity index (χ1) is 12.4. The summed E-state index contributed by atoms with van der Waals surface area (Å²) in [4.78, 5) is 12.6. The predicted octanol–water partition coefficient (Wildman–Crippen LogP) is 3.32. The van der Waals surface area contributed by atoms with Gasteiger partial charge in [-0.05, 0) is 35.9 Å². The summed E-state index contributed by atoms with van der Waals surface area (Å²) in [7, 11) is -2.37. The topological polar surface area (TPSA) is 98.5 Å². The van der Waals surface area contributed by atoms with Crippen LogP contribution >= 0.6 is 11.3 Å². The SMILES string of the molecule is COc1ccc(S(=O)(=O)Nc2sc(-c3ccccc3)cc2C(N)=O)cc1. The molecule has 0 aliphatic heterocycles. The van der Waals surface area contributed by atoms with Crippen LogP contribution < -0.4 is 15.2 Å². The number of nitrogens with two attached hydrogens (primary N) is 1. The van der Waals surface area contributed by atoms with Crippen LogP contribution in [0.4, 0.5) is 5.00 Å². The molecule has 3 aromatic rings. The molecule has 0 fully saturated rings. The van der Waals surface area contributed by atoms with E-state index in [0.717, 1.165) is 21.8 Å². The molecule has 134 valence electrons. The van der Waals surface area contributed by atoms with Crippen molar-refractivity contribution in [2.24, 2.45) is 5.73 Å². The highest BCUT2D eigenvalue weighted by molar-refractivity contribution is 7.93. The molecule has 1 amide bonds. The molecule has 26 heavy (non-hydrogen) atoms. The van der Waals surface area contributed by atoms with E-state index in [9.17, 15) is 13.2 Å². The fraction of sp³-hybridized carbons (Fsp3) is 0.0556. The first kappa shape index (κ1) is 18.0. The minimum atomic E-state index is -3.87. The molecule has 2 aromatic carbocycles. The van der Waals surface area contributed by atoms with Gasteiger partial charge in [-0.1, -0.05) is 30.3 Å². The van der Waals surface area contributed by atoms with Gasteiger partial charge < -0.3 is 10.5 Å². The molecule has 3 N–H and O–H groups in total. The molecule has 0 spiro atoms. The Morgan fingerprint density at radius 1 is 1.08 bits per heavy atom. The second-order valence-electron chi connectivity index (χ2n) is 5.36. The average molecular weight is 388 g/mol. The Kier molecular flexibility index (Phi) is 4.97. The highest BCUT2D eigenvalue weighted by Crippen LogP contribution is 2.36. The number of benzene rings is 2. The van der Waals surface area contributed by atoms with Gasteiger partial charge in [-0.3, -0.25) is 9.52 Å². The predicted molar refractivity (Wildman–Crippen MR) is 102 cm³/mol. The molecule has 0 atom stereocenters. The summed E-state index contributed by atoms with van der Waals surface area (Å²) in [6, 6.07) is 16.9. The maximum atomic E-state index is 12.6. The summed E-state index contributed by atoms with van der Waals surface area (Å²) in [5, 5.41) is 0.187. The van der Waals surface area contributed by atoms with Gasteiger partial charge in [0.1, 0.15) is 10.8 Å². The second-order valence-corrected chi connectivity index (χ2v) is 8.10. The van der Waals surface area contributed by atoms with Crippen LogP contribution in [0.2, 0.25) is 0 Å². The number of sulfonamides is 1. The lowest BCUT2D eigenvalue weighted by atomic mass is 10.1. The van der Waals surface area contributed by atoms with Gasteiger partial charge in [0.25, 0.3) is 15.9 Å². The Morgan fingerprint density at radius 2 is 1.73 bits per heavy atom. The first-order valence-electron chi connectivity index (χ1n) is 7.56. The van der Waals surface area contributed by atoms with Crippen LogP contribution in [-0.2, 0) is 10.0 Å². The smallest absolute Gasteiger partial charge is 0.262 e. The van der Waals surface area contributed by atoms with Gasteiger partial charge in [-0.15, -0.1) is 11.3 Å². The number of carbonyl (C=O) groups is 1. The number of hydrogen-bond acceptors (Lipinski definition) is 5. The van der Waals surface area contributed by atoms with Gasteiger partial charge in [-0.25, -0.2) is 8.42 Å².